The minimum Gasteiger partial charge on any atom is -0.486 e. The van der Waals surface area contributed by atoms with Crippen LogP contribution in [0, 0.1) is 0 Å². The van der Waals surface area contributed by atoms with Crippen LogP contribution in [0.25, 0.3) is 0 Å². The second kappa shape index (κ2) is 8.42. The molecular formula is C25H27N3O5. The number of benzene rings is 2. The summed E-state index contributed by atoms with van der Waals surface area (Å²) >= 11 is 0. The van der Waals surface area contributed by atoms with Crippen molar-refractivity contribution in [1.29, 1.82) is 0 Å². The molecule has 5 rings (SSSR count). The lowest BCUT2D eigenvalue weighted by Gasteiger charge is -2.33. The molecule has 0 saturated carbocycles. The van der Waals surface area contributed by atoms with E-state index in [1.165, 1.54) is 0 Å². The Morgan fingerprint density at radius 1 is 1.15 bits per heavy atom. The molecule has 1 saturated heterocycles. The van der Waals surface area contributed by atoms with E-state index >= 15 is 0 Å². The average molecular weight is 450 g/mol. The molecule has 2 aromatic carbocycles. The Bertz CT molecular complexity index is 1100. The number of urea groups is 1. The molecule has 0 bridgehead atoms. The van der Waals surface area contributed by atoms with Crippen molar-refractivity contribution in [2.24, 2.45) is 0 Å². The summed E-state index contributed by atoms with van der Waals surface area (Å²) in [6, 6.07) is 14.6. The molecule has 2 atom stereocenters. The van der Waals surface area contributed by atoms with Gasteiger partial charge in [-0.05, 0) is 49.4 Å². The van der Waals surface area contributed by atoms with E-state index in [1.54, 1.807) is 4.90 Å². The molecule has 2 aromatic rings. The standard InChI is InChI=1S/C25H27N3O5/c1-2-27(14-18-16-32-20-11-5-6-12-21(20)33-18)22(29)15-28-23(30)25(26-24(28)31)13-7-9-17-8-3-4-10-19(17)25/h3-6,8,10-12,18H,2,7,9,13-16H2,1H3,(H,26,31)/t18-,25-/m0/s1. The fraction of sp³-hybridized carbons (Fsp3) is 0.400. The fourth-order valence-corrected chi connectivity index (χ4v) is 5.00. The Morgan fingerprint density at radius 2 is 1.91 bits per heavy atom. The molecule has 1 fully saturated rings. The first-order chi connectivity index (χ1) is 16.0. The Kier molecular flexibility index (Phi) is 5.44. The molecule has 4 amide bonds. The van der Waals surface area contributed by atoms with Crippen molar-refractivity contribution in [3.63, 3.8) is 0 Å². The molecule has 33 heavy (non-hydrogen) atoms. The third-order valence-electron chi connectivity index (χ3n) is 6.67. The van der Waals surface area contributed by atoms with Crippen LogP contribution >= 0.6 is 0 Å². The van der Waals surface area contributed by atoms with E-state index in [0.717, 1.165) is 28.9 Å². The SMILES string of the molecule is CCN(C[C@H]1COc2ccccc2O1)C(=O)CN1C(=O)N[C@]2(CCCc3ccccc32)C1=O. The summed E-state index contributed by atoms with van der Waals surface area (Å²) in [7, 11) is 0. The highest BCUT2D eigenvalue weighted by molar-refractivity contribution is 6.09. The van der Waals surface area contributed by atoms with Crippen molar-refractivity contribution in [2.45, 2.75) is 37.8 Å². The van der Waals surface area contributed by atoms with Gasteiger partial charge < -0.3 is 19.7 Å². The number of fused-ring (bicyclic) bond motifs is 3. The summed E-state index contributed by atoms with van der Waals surface area (Å²) in [6.07, 6.45) is 1.87. The largest absolute Gasteiger partial charge is 0.486 e. The zero-order chi connectivity index (χ0) is 23.0. The van der Waals surface area contributed by atoms with Gasteiger partial charge in [0.05, 0.1) is 6.54 Å². The summed E-state index contributed by atoms with van der Waals surface area (Å²) in [4.78, 5) is 42.0. The van der Waals surface area contributed by atoms with Crippen LogP contribution < -0.4 is 14.8 Å². The number of likely N-dealkylation sites (N-methyl/N-ethyl adjacent to an activating group) is 1. The molecule has 3 aliphatic rings. The van der Waals surface area contributed by atoms with Gasteiger partial charge in [0.1, 0.15) is 18.7 Å². The van der Waals surface area contributed by atoms with E-state index in [2.05, 4.69) is 5.32 Å². The van der Waals surface area contributed by atoms with E-state index in [9.17, 15) is 14.4 Å². The second-order valence-corrected chi connectivity index (χ2v) is 8.67. The number of carbonyl (C=O) groups is 3. The van der Waals surface area contributed by atoms with Crippen LogP contribution in [-0.4, -0.2) is 60.0 Å². The summed E-state index contributed by atoms with van der Waals surface area (Å²) in [5, 5.41) is 2.90. The van der Waals surface area contributed by atoms with Crippen molar-refractivity contribution >= 4 is 17.8 Å². The number of ether oxygens (including phenoxy) is 2. The first kappa shape index (κ1) is 21.3. The van der Waals surface area contributed by atoms with Crippen molar-refractivity contribution < 1.29 is 23.9 Å². The highest BCUT2D eigenvalue weighted by Gasteiger charge is 2.54. The third-order valence-corrected chi connectivity index (χ3v) is 6.67. The molecular weight excluding hydrogens is 422 g/mol. The maximum Gasteiger partial charge on any atom is 0.325 e. The monoisotopic (exact) mass is 449 g/mol. The summed E-state index contributed by atoms with van der Waals surface area (Å²) in [5.74, 6) is 0.671. The molecule has 0 unspecified atom stereocenters. The van der Waals surface area contributed by atoms with Gasteiger partial charge in [-0.2, -0.15) is 0 Å². The Balaban J connectivity index is 1.28. The Hall–Kier alpha value is -3.55. The lowest BCUT2D eigenvalue weighted by molar-refractivity contribution is -0.140. The van der Waals surface area contributed by atoms with Gasteiger partial charge in [0.15, 0.2) is 17.6 Å². The number of aryl methyl sites for hydroxylation is 1. The lowest BCUT2D eigenvalue weighted by atomic mass is 9.76. The fourth-order valence-electron chi connectivity index (χ4n) is 5.00. The van der Waals surface area contributed by atoms with Crippen LogP contribution in [0.1, 0.15) is 30.9 Å². The van der Waals surface area contributed by atoms with Crippen LogP contribution in [0.4, 0.5) is 4.79 Å². The minimum atomic E-state index is -1.08. The molecule has 8 heteroatoms. The number of imide groups is 1. The van der Waals surface area contributed by atoms with E-state index in [-0.39, 0.29) is 24.5 Å². The maximum atomic E-state index is 13.5. The topological polar surface area (TPSA) is 88.2 Å². The molecule has 1 N–H and O–H groups in total. The zero-order valence-electron chi connectivity index (χ0n) is 18.6. The van der Waals surface area contributed by atoms with Gasteiger partial charge in [-0.1, -0.05) is 36.4 Å². The molecule has 172 valence electrons. The summed E-state index contributed by atoms with van der Waals surface area (Å²) in [6.45, 7) is 2.62. The van der Waals surface area contributed by atoms with Crippen molar-refractivity contribution in [3.8, 4) is 11.5 Å². The van der Waals surface area contributed by atoms with Crippen molar-refractivity contribution in [3.05, 3.63) is 59.7 Å². The minimum absolute atomic E-state index is 0.299. The molecule has 1 spiro atoms. The summed E-state index contributed by atoms with van der Waals surface area (Å²) in [5.41, 5.74) is 0.826. The molecule has 2 aliphatic heterocycles. The highest BCUT2D eigenvalue weighted by Crippen LogP contribution is 2.40. The van der Waals surface area contributed by atoms with Crippen LogP contribution in [0.2, 0.25) is 0 Å². The molecule has 0 radical (unpaired) electrons. The Labute approximate surface area is 192 Å². The number of nitrogens with zero attached hydrogens (tertiary/aromatic N) is 2. The Morgan fingerprint density at radius 3 is 2.73 bits per heavy atom. The third kappa shape index (κ3) is 3.69. The number of rotatable bonds is 5. The van der Waals surface area contributed by atoms with Gasteiger partial charge in [0, 0.05) is 6.54 Å². The van der Waals surface area contributed by atoms with E-state index < -0.39 is 11.6 Å². The van der Waals surface area contributed by atoms with Crippen LogP contribution in [0.15, 0.2) is 48.5 Å². The van der Waals surface area contributed by atoms with E-state index in [1.807, 2.05) is 55.5 Å². The first-order valence-electron chi connectivity index (χ1n) is 11.4. The normalized spacial score (nSPS) is 23.3. The predicted molar refractivity (Wildman–Crippen MR) is 120 cm³/mol. The van der Waals surface area contributed by atoms with Crippen molar-refractivity contribution in [1.82, 2.24) is 15.1 Å². The molecule has 2 heterocycles. The van der Waals surface area contributed by atoms with Gasteiger partial charge in [-0.3, -0.25) is 14.5 Å². The number of hydrogen-bond donors (Lipinski definition) is 1. The maximum absolute atomic E-state index is 13.5. The van der Waals surface area contributed by atoms with E-state index in [4.69, 9.17) is 9.47 Å². The summed E-state index contributed by atoms with van der Waals surface area (Å²) < 4.78 is 11.7. The molecule has 8 nitrogen and oxygen atoms in total. The average Bonchev–Trinajstić information content (AvgIpc) is 3.07. The van der Waals surface area contributed by atoms with E-state index in [0.29, 0.717) is 37.6 Å². The van der Waals surface area contributed by atoms with Crippen molar-refractivity contribution in [2.75, 3.05) is 26.2 Å². The zero-order valence-corrected chi connectivity index (χ0v) is 18.6. The molecule has 0 aromatic heterocycles. The number of nitrogens with one attached hydrogen (secondary N) is 1. The lowest BCUT2D eigenvalue weighted by Crippen LogP contribution is -2.49. The van der Waals surface area contributed by atoms with Crippen LogP contribution in [-0.2, 0) is 21.5 Å². The second-order valence-electron chi connectivity index (χ2n) is 8.67. The number of hydrogen-bond acceptors (Lipinski definition) is 5. The van der Waals surface area contributed by atoms with Gasteiger partial charge in [-0.15, -0.1) is 0 Å². The predicted octanol–water partition coefficient (Wildman–Crippen LogP) is 2.46. The van der Waals surface area contributed by atoms with Gasteiger partial charge in [0.25, 0.3) is 5.91 Å². The smallest absolute Gasteiger partial charge is 0.325 e. The number of amides is 4. The first-order valence-corrected chi connectivity index (χ1v) is 11.4. The quantitative estimate of drug-likeness (QED) is 0.709. The van der Waals surface area contributed by atoms with Gasteiger partial charge in [-0.25, -0.2) is 4.79 Å². The van der Waals surface area contributed by atoms with Gasteiger partial charge >= 0.3 is 6.03 Å². The number of carbonyl (C=O) groups excluding carboxylic acids is 3. The van der Waals surface area contributed by atoms with Crippen LogP contribution in [0.3, 0.4) is 0 Å². The number of para-hydroxylation sites is 2. The van der Waals surface area contributed by atoms with Crippen LogP contribution in [0.5, 0.6) is 11.5 Å². The van der Waals surface area contributed by atoms with Gasteiger partial charge in [0.2, 0.25) is 5.91 Å². The molecule has 1 aliphatic carbocycles. The highest BCUT2D eigenvalue weighted by atomic mass is 16.6.